The summed E-state index contributed by atoms with van der Waals surface area (Å²) in [6.45, 7) is 0.277. The lowest BCUT2D eigenvalue weighted by Gasteiger charge is -2.05. The third-order valence-corrected chi connectivity index (χ3v) is 3.73. The summed E-state index contributed by atoms with van der Waals surface area (Å²) in [5, 5.41) is 8.80. The van der Waals surface area contributed by atoms with E-state index in [9.17, 15) is 9.18 Å². The highest BCUT2D eigenvalue weighted by Gasteiger charge is 2.08. The maximum atomic E-state index is 13.2. The monoisotopic (exact) mass is 330 g/mol. The summed E-state index contributed by atoms with van der Waals surface area (Å²) in [7, 11) is 0. The number of thiophene rings is 1. The molecular weight excluding hydrogens is 323 g/mol. The van der Waals surface area contributed by atoms with E-state index in [0.29, 0.717) is 0 Å². The van der Waals surface area contributed by atoms with Crippen molar-refractivity contribution in [3.8, 4) is 5.75 Å². The number of rotatable bonds is 4. The number of halogens is 2. The molecule has 2 aromatic rings. The van der Waals surface area contributed by atoms with E-state index in [2.05, 4.69) is 15.9 Å². The van der Waals surface area contributed by atoms with Crippen molar-refractivity contribution < 1.29 is 19.0 Å². The molecule has 1 heterocycles. The van der Waals surface area contributed by atoms with Crippen LogP contribution >= 0.6 is 27.3 Å². The molecule has 0 amide bonds. The van der Waals surface area contributed by atoms with Crippen molar-refractivity contribution in [3.05, 3.63) is 50.4 Å². The van der Waals surface area contributed by atoms with E-state index < -0.39 is 11.8 Å². The SMILES string of the molecule is O=C(O)c1cc(F)cc(OCc2ccc(Br)s2)c1. The number of hydrogen-bond donors (Lipinski definition) is 1. The average molecular weight is 331 g/mol. The Morgan fingerprint density at radius 1 is 1.39 bits per heavy atom. The van der Waals surface area contributed by atoms with Crippen LogP contribution in [0.4, 0.5) is 4.39 Å². The first-order valence-electron chi connectivity index (χ1n) is 4.95. The van der Waals surface area contributed by atoms with Gasteiger partial charge in [0, 0.05) is 10.9 Å². The van der Waals surface area contributed by atoms with E-state index in [1.807, 2.05) is 12.1 Å². The molecule has 0 aliphatic heterocycles. The van der Waals surface area contributed by atoms with Crippen LogP contribution in [0, 0.1) is 5.82 Å². The molecule has 0 saturated carbocycles. The molecule has 0 spiro atoms. The van der Waals surface area contributed by atoms with Crippen LogP contribution < -0.4 is 4.74 Å². The topological polar surface area (TPSA) is 46.5 Å². The smallest absolute Gasteiger partial charge is 0.335 e. The predicted molar refractivity (Wildman–Crippen MR) is 69.7 cm³/mol. The van der Waals surface area contributed by atoms with E-state index in [1.165, 1.54) is 17.4 Å². The third kappa shape index (κ3) is 3.30. The Balaban J connectivity index is 2.11. The zero-order chi connectivity index (χ0) is 13.1. The third-order valence-electron chi connectivity index (χ3n) is 2.13. The Kier molecular flexibility index (Phi) is 3.98. The van der Waals surface area contributed by atoms with Crippen molar-refractivity contribution in [1.29, 1.82) is 0 Å². The number of ether oxygens (including phenoxy) is 1. The number of carboxylic acids is 1. The number of carboxylic acid groups (broad SMARTS) is 1. The number of benzene rings is 1. The Labute approximate surface area is 115 Å². The zero-order valence-electron chi connectivity index (χ0n) is 9.02. The normalized spacial score (nSPS) is 10.3. The van der Waals surface area contributed by atoms with Crippen LogP contribution in [0.25, 0.3) is 0 Å². The van der Waals surface area contributed by atoms with Gasteiger partial charge in [-0.1, -0.05) is 0 Å². The summed E-state index contributed by atoms with van der Waals surface area (Å²) in [5.41, 5.74) is -0.127. The van der Waals surface area contributed by atoms with Gasteiger partial charge in [0.15, 0.2) is 0 Å². The van der Waals surface area contributed by atoms with Crippen LogP contribution in [0.1, 0.15) is 15.2 Å². The summed E-state index contributed by atoms with van der Waals surface area (Å²) in [4.78, 5) is 11.7. The van der Waals surface area contributed by atoms with Crippen molar-refractivity contribution in [2.75, 3.05) is 0 Å². The molecule has 1 aromatic heterocycles. The Bertz CT molecular complexity index is 582. The summed E-state index contributed by atoms with van der Waals surface area (Å²) >= 11 is 4.83. The summed E-state index contributed by atoms with van der Waals surface area (Å²) in [6.07, 6.45) is 0. The molecular formula is C12H8BrFO3S. The molecule has 1 aromatic carbocycles. The number of hydrogen-bond acceptors (Lipinski definition) is 3. The maximum absolute atomic E-state index is 13.2. The van der Waals surface area contributed by atoms with Crippen molar-refractivity contribution >= 4 is 33.2 Å². The lowest BCUT2D eigenvalue weighted by Crippen LogP contribution is -1.99. The molecule has 0 radical (unpaired) electrons. The average Bonchev–Trinajstić information content (AvgIpc) is 2.72. The first kappa shape index (κ1) is 13.0. The Morgan fingerprint density at radius 3 is 2.78 bits per heavy atom. The molecule has 3 nitrogen and oxygen atoms in total. The fourth-order valence-electron chi connectivity index (χ4n) is 1.35. The van der Waals surface area contributed by atoms with Gasteiger partial charge in [0.2, 0.25) is 0 Å². The fourth-order valence-corrected chi connectivity index (χ4v) is 2.75. The highest BCUT2D eigenvalue weighted by atomic mass is 79.9. The predicted octanol–water partition coefficient (Wildman–Crippen LogP) is 3.93. The molecule has 0 saturated heterocycles. The minimum Gasteiger partial charge on any atom is -0.488 e. The van der Waals surface area contributed by atoms with Crippen LogP contribution in [-0.4, -0.2) is 11.1 Å². The number of aromatic carboxylic acids is 1. The van der Waals surface area contributed by atoms with Gasteiger partial charge in [0.25, 0.3) is 0 Å². The molecule has 0 unspecified atom stereocenters. The highest BCUT2D eigenvalue weighted by Crippen LogP contribution is 2.24. The van der Waals surface area contributed by atoms with Crippen LogP contribution in [0.3, 0.4) is 0 Å². The van der Waals surface area contributed by atoms with Gasteiger partial charge < -0.3 is 9.84 Å². The first-order chi connectivity index (χ1) is 8.54. The van der Waals surface area contributed by atoms with Gasteiger partial charge >= 0.3 is 5.97 Å². The fraction of sp³-hybridized carbons (Fsp3) is 0.0833. The van der Waals surface area contributed by atoms with Crippen molar-refractivity contribution in [1.82, 2.24) is 0 Å². The van der Waals surface area contributed by atoms with E-state index in [4.69, 9.17) is 9.84 Å². The van der Waals surface area contributed by atoms with Crippen LogP contribution in [0.2, 0.25) is 0 Å². The van der Waals surface area contributed by atoms with Crippen molar-refractivity contribution in [2.24, 2.45) is 0 Å². The second-order valence-corrected chi connectivity index (χ2v) is 6.02. The molecule has 0 bridgehead atoms. The molecule has 2 rings (SSSR count). The second kappa shape index (κ2) is 5.49. The Morgan fingerprint density at radius 2 is 2.17 bits per heavy atom. The lowest BCUT2D eigenvalue weighted by molar-refractivity contribution is 0.0695. The van der Waals surface area contributed by atoms with Gasteiger partial charge in [-0.05, 0) is 40.2 Å². The van der Waals surface area contributed by atoms with Gasteiger partial charge in [0.05, 0.1) is 9.35 Å². The van der Waals surface area contributed by atoms with Gasteiger partial charge in [-0.3, -0.25) is 0 Å². The number of carbonyl (C=O) groups is 1. The molecule has 1 N–H and O–H groups in total. The molecule has 0 aliphatic rings. The van der Waals surface area contributed by atoms with E-state index >= 15 is 0 Å². The summed E-state index contributed by atoms with van der Waals surface area (Å²) < 4.78 is 19.5. The van der Waals surface area contributed by atoms with Crippen molar-refractivity contribution in [2.45, 2.75) is 6.61 Å². The van der Waals surface area contributed by atoms with Gasteiger partial charge in [0.1, 0.15) is 18.2 Å². The molecule has 18 heavy (non-hydrogen) atoms. The van der Waals surface area contributed by atoms with Gasteiger partial charge in [-0.15, -0.1) is 11.3 Å². The zero-order valence-corrected chi connectivity index (χ0v) is 11.4. The van der Waals surface area contributed by atoms with E-state index in [0.717, 1.165) is 20.8 Å². The van der Waals surface area contributed by atoms with Gasteiger partial charge in [-0.2, -0.15) is 0 Å². The van der Waals surface area contributed by atoms with Crippen LogP contribution in [0.5, 0.6) is 5.75 Å². The van der Waals surface area contributed by atoms with E-state index in [1.54, 1.807) is 0 Å². The lowest BCUT2D eigenvalue weighted by atomic mass is 10.2. The molecule has 0 atom stereocenters. The van der Waals surface area contributed by atoms with Crippen LogP contribution in [0.15, 0.2) is 34.1 Å². The second-order valence-electron chi connectivity index (χ2n) is 3.48. The molecule has 0 fully saturated rings. The Hall–Kier alpha value is -1.40. The maximum Gasteiger partial charge on any atom is 0.335 e. The largest absolute Gasteiger partial charge is 0.488 e. The summed E-state index contributed by atoms with van der Waals surface area (Å²) in [6, 6.07) is 7.18. The first-order valence-corrected chi connectivity index (χ1v) is 6.56. The standard InChI is InChI=1S/C12H8BrFO3S/c13-11-2-1-10(18-11)6-17-9-4-7(12(15)16)3-8(14)5-9/h1-5H,6H2,(H,15,16). The minimum absolute atomic E-state index is 0.127. The summed E-state index contributed by atoms with van der Waals surface area (Å²) in [5.74, 6) is -1.60. The quantitative estimate of drug-likeness (QED) is 0.923. The minimum atomic E-state index is -1.18. The van der Waals surface area contributed by atoms with Crippen LogP contribution in [-0.2, 0) is 6.61 Å². The highest BCUT2D eigenvalue weighted by molar-refractivity contribution is 9.11. The molecule has 0 aliphatic carbocycles. The molecule has 6 heteroatoms. The van der Waals surface area contributed by atoms with E-state index in [-0.39, 0.29) is 17.9 Å². The molecule has 94 valence electrons. The van der Waals surface area contributed by atoms with Gasteiger partial charge in [-0.25, -0.2) is 9.18 Å². The van der Waals surface area contributed by atoms with Crippen molar-refractivity contribution in [3.63, 3.8) is 0 Å².